The Morgan fingerprint density at radius 1 is 1.35 bits per heavy atom. The molecule has 2 amide bonds. The molecular formula is C18H22N4O3S. The van der Waals surface area contributed by atoms with Crippen molar-refractivity contribution in [2.75, 3.05) is 12.3 Å². The molecule has 7 nitrogen and oxygen atoms in total. The van der Waals surface area contributed by atoms with E-state index < -0.39 is 6.04 Å². The quantitative estimate of drug-likeness (QED) is 0.803. The summed E-state index contributed by atoms with van der Waals surface area (Å²) < 4.78 is 5.27. The van der Waals surface area contributed by atoms with Gasteiger partial charge in [0.2, 0.25) is 11.8 Å². The number of benzene rings is 1. The summed E-state index contributed by atoms with van der Waals surface area (Å²) in [5, 5.41) is 9.56. The van der Waals surface area contributed by atoms with Gasteiger partial charge in [-0.25, -0.2) is 0 Å². The van der Waals surface area contributed by atoms with Crippen molar-refractivity contribution < 1.29 is 14.1 Å². The summed E-state index contributed by atoms with van der Waals surface area (Å²) in [4.78, 5) is 28.2. The molecule has 2 heterocycles. The summed E-state index contributed by atoms with van der Waals surface area (Å²) in [6.07, 6.45) is 2.57. The molecule has 1 aromatic carbocycles. The number of hydrogen-bond acceptors (Lipinski definition) is 6. The molecule has 1 aliphatic rings. The number of hydrogen-bond donors (Lipinski definition) is 2. The molecule has 1 atom stereocenters. The van der Waals surface area contributed by atoms with Crippen LogP contribution in [0, 0.1) is 6.92 Å². The maximum atomic E-state index is 12.0. The molecular weight excluding hydrogens is 352 g/mol. The van der Waals surface area contributed by atoms with E-state index in [1.165, 1.54) is 11.8 Å². The van der Waals surface area contributed by atoms with Crippen molar-refractivity contribution in [1.82, 2.24) is 20.8 Å². The van der Waals surface area contributed by atoms with E-state index in [9.17, 15) is 9.59 Å². The van der Waals surface area contributed by atoms with Gasteiger partial charge in [-0.1, -0.05) is 22.9 Å². The highest BCUT2D eigenvalue weighted by Crippen LogP contribution is 2.19. The Morgan fingerprint density at radius 2 is 2.15 bits per heavy atom. The highest BCUT2D eigenvalue weighted by Gasteiger charge is 2.22. The minimum absolute atomic E-state index is 0.0956. The number of aromatic nitrogens is 2. The fourth-order valence-corrected chi connectivity index (χ4v) is 3.34. The number of aryl methyl sites for hydroxylation is 1. The van der Waals surface area contributed by atoms with Gasteiger partial charge in [-0.15, -0.1) is 11.8 Å². The molecule has 1 saturated heterocycles. The summed E-state index contributed by atoms with van der Waals surface area (Å²) >= 11 is 1.39. The van der Waals surface area contributed by atoms with Crippen LogP contribution in [-0.4, -0.2) is 40.3 Å². The van der Waals surface area contributed by atoms with Crippen molar-refractivity contribution in [3.8, 4) is 11.5 Å². The predicted molar refractivity (Wildman–Crippen MR) is 99.4 cm³/mol. The third kappa shape index (κ3) is 5.08. The van der Waals surface area contributed by atoms with Crippen LogP contribution in [0.25, 0.3) is 11.5 Å². The van der Waals surface area contributed by atoms with E-state index in [1.54, 1.807) is 0 Å². The van der Waals surface area contributed by atoms with Crippen LogP contribution in [0.15, 0.2) is 28.8 Å². The van der Waals surface area contributed by atoms with Gasteiger partial charge >= 0.3 is 0 Å². The first-order valence-corrected chi connectivity index (χ1v) is 9.82. The molecule has 26 heavy (non-hydrogen) atoms. The standard InChI is InChI=1S/C18H22N4O3S/c1-12-5-7-13(8-6-12)18-21-15(22-25-18)10-26-11-16(23)20-14-4-2-3-9-19-17(14)24/h5-8,14H,2-4,9-11H2,1H3,(H,19,24)(H,20,23). The van der Waals surface area contributed by atoms with Crippen molar-refractivity contribution in [1.29, 1.82) is 0 Å². The molecule has 0 radical (unpaired) electrons. The molecule has 0 saturated carbocycles. The van der Waals surface area contributed by atoms with E-state index in [0.29, 0.717) is 30.4 Å². The summed E-state index contributed by atoms with van der Waals surface area (Å²) in [6.45, 7) is 2.70. The average Bonchev–Trinajstić information content (AvgIpc) is 3.00. The fraction of sp³-hybridized carbons (Fsp3) is 0.444. The SMILES string of the molecule is Cc1ccc(-c2nc(CSCC(=O)NC3CCCCNC3=O)no2)cc1. The predicted octanol–water partition coefficient (Wildman–Crippen LogP) is 2.06. The Balaban J connectivity index is 1.45. The van der Waals surface area contributed by atoms with Gasteiger partial charge in [-0.05, 0) is 38.3 Å². The molecule has 0 aliphatic carbocycles. The van der Waals surface area contributed by atoms with E-state index in [1.807, 2.05) is 31.2 Å². The molecule has 8 heteroatoms. The first-order chi connectivity index (χ1) is 12.6. The maximum Gasteiger partial charge on any atom is 0.257 e. The monoisotopic (exact) mass is 374 g/mol. The van der Waals surface area contributed by atoms with Crippen LogP contribution < -0.4 is 10.6 Å². The lowest BCUT2D eigenvalue weighted by atomic mass is 10.1. The number of nitrogens with one attached hydrogen (secondary N) is 2. The van der Waals surface area contributed by atoms with Crippen molar-refractivity contribution in [2.24, 2.45) is 0 Å². The van der Waals surface area contributed by atoms with Gasteiger partial charge in [0.1, 0.15) is 6.04 Å². The van der Waals surface area contributed by atoms with Gasteiger partial charge in [0.15, 0.2) is 5.82 Å². The zero-order valence-corrected chi connectivity index (χ0v) is 15.5. The van der Waals surface area contributed by atoms with Gasteiger partial charge in [0.05, 0.1) is 11.5 Å². The smallest absolute Gasteiger partial charge is 0.257 e. The van der Waals surface area contributed by atoms with Crippen LogP contribution in [0.5, 0.6) is 0 Å². The lowest BCUT2D eigenvalue weighted by Gasteiger charge is -2.14. The third-order valence-electron chi connectivity index (χ3n) is 4.10. The number of nitrogens with zero attached hydrogens (tertiary/aromatic N) is 2. The van der Waals surface area contributed by atoms with Crippen molar-refractivity contribution in [2.45, 2.75) is 38.0 Å². The topological polar surface area (TPSA) is 97.1 Å². The van der Waals surface area contributed by atoms with Crippen LogP contribution in [0.3, 0.4) is 0 Å². The van der Waals surface area contributed by atoms with E-state index >= 15 is 0 Å². The molecule has 0 spiro atoms. The molecule has 1 unspecified atom stereocenters. The van der Waals surface area contributed by atoms with Crippen molar-refractivity contribution in [3.05, 3.63) is 35.7 Å². The van der Waals surface area contributed by atoms with Crippen LogP contribution in [0.2, 0.25) is 0 Å². The molecule has 1 fully saturated rings. The zero-order chi connectivity index (χ0) is 18.4. The van der Waals surface area contributed by atoms with Crippen LogP contribution in [-0.2, 0) is 15.3 Å². The summed E-state index contributed by atoms with van der Waals surface area (Å²) in [6, 6.07) is 7.42. The lowest BCUT2D eigenvalue weighted by molar-refractivity contribution is -0.127. The van der Waals surface area contributed by atoms with E-state index in [2.05, 4.69) is 20.8 Å². The normalized spacial score (nSPS) is 17.4. The number of amides is 2. The second-order valence-corrected chi connectivity index (χ2v) is 7.27. The highest BCUT2D eigenvalue weighted by atomic mass is 32.2. The van der Waals surface area contributed by atoms with Gasteiger partial charge < -0.3 is 15.2 Å². The molecule has 0 bridgehead atoms. The first kappa shape index (κ1) is 18.4. The Labute approximate surface area is 156 Å². The van der Waals surface area contributed by atoms with Gasteiger partial charge in [0.25, 0.3) is 5.89 Å². The van der Waals surface area contributed by atoms with Crippen LogP contribution in [0.1, 0.15) is 30.7 Å². The van der Waals surface area contributed by atoms with Crippen LogP contribution in [0.4, 0.5) is 0 Å². The number of carbonyl (C=O) groups is 2. The Bertz CT molecular complexity index is 760. The molecule has 2 aromatic rings. The Hall–Kier alpha value is -2.35. The maximum absolute atomic E-state index is 12.0. The van der Waals surface area contributed by atoms with Gasteiger partial charge in [-0.2, -0.15) is 4.98 Å². The molecule has 2 N–H and O–H groups in total. The molecule has 3 rings (SSSR count). The van der Waals surface area contributed by atoms with Crippen molar-refractivity contribution in [3.63, 3.8) is 0 Å². The Morgan fingerprint density at radius 3 is 2.96 bits per heavy atom. The molecule has 1 aliphatic heterocycles. The minimum atomic E-state index is -0.427. The van der Waals surface area contributed by atoms with E-state index in [-0.39, 0.29) is 17.6 Å². The Kier molecular flexibility index (Phi) is 6.27. The van der Waals surface area contributed by atoms with E-state index in [0.717, 1.165) is 24.0 Å². The van der Waals surface area contributed by atoms with E-state index in [4.69, 9.17) is 4.52 Å². The third-order valence-corrected chi connectivity index (χ3v) is 5.03. The fourth-order valence-electron chi connectivity index (χ4n) is 2.67. The van der Waals surface area contributed by atoms with Crippen LogP contribution >= 0.6 is 11.8 Å². The second kappa shape index (κ2) is 8.84. The number of rotatable bonds is 6. The number of carbonyl (C=O) groups excluding carboxylic acids is 2. The van der Waals surface area contributed by atoms with Gasteiger partial charge in [-0.3, -0.25) is 9.59 Å². The summed E-state index contributed by atoms with van der Waals surface area (Å²) in [5.74, 6) is 1.49. The second-order valence-electron chi connectivity index (χ2n) is 6.28. The highest BCUT2D eigenvalue weighted by molar-refractivity contribution is 7.99. The first-order valence-electron chi connectivity index (χ1n) is 8.66. The zero-order valence-electron chi connectivity index (χ0n) is 14.7. The molecule has 138 valence electrons. The largest absolute Gasteiger partial charge is 0.354 e. The number of thioether (sulfide) groups is 1. The minimum Gasteiger partial charge on any atom is -0.354 e. The average molecular weight is 374 g/mol. The summed E-state index contributed by atoms with van der Waals surface area (Å²) in [5.41, 5.74) is 2.04. The summed E-state index contributed by atoms with van der Waals surface area (Å²) in [7, 11) is 0. The van der Waals surface area contributed by atoms with Gasteiger partial charge in [0, 0.05) is 12.1 Å². The van der Waals surface area contributed by atoms with Crippen molar-refractivity contribution >= 4 is 23.6 Å². The molecule has 1 aromatic heterocycles. The lowest BCUT2D eigenvalue weighted by Crippen LogP contribution is -2.46.